The van der Waals surface area contributed by atoms with E-state index in [1.165, 1.54) is 0 Å². The van der Waals surface area contributed by atoms with E-state index in [-0.39, 0.29) is 29.3 Å². The molecule has 1 aliphatic carbocycles. The molecule has 22 heavy (non-hydrogen) atoms. The van der Waals surface area contributed by atoms with Gasteiger partial charge in [0.2, 0.25) is 11.8 Å². The molecule has 1 saturated carbocycles. The van der Waals surface area contributed by atoms with E-state index in [0.717, 1.165) is 31.0 Å². The molecule has 1 aliphatic heterocycles. The fourth-order valence-corrected chi connectivity index (χ4v) is 2.78. The summed E-state index contributed by atoms with van der Waals surface area (Å²) in [7, 11) is 0. The Morgan fingerprint density at radius 3 is 2.36 bits per heavy atom. The van der Waals surface area contributed by atoms with E-state index >= 15 is 0 Å². The van der Waals surface area contributed by atoms with Crippen LogP contribution in [0.15, 0.2) is 18.2 Å². The minimum Gasteiger partial charge on any atom is -0.342 e. The van der Waals surface area contributed by atoms with Gasteiger partial charge in [-0.15, -0.1) is 0 Å². The zero-order valence-corrected chi connectivity index (χ0v) is 12.1. The van der Waals surface area contributed by atoms with E-state index in [1.807, 2.05) is 4.90 Å². The second-order valence-electron chi connectivity index (χ2n) is 5.99. The fourth-order valence-electron chi connectivity index (χ4n) is 2.78. The van der Waals surface area contributed by atoms with Crippen LogP contribution in [0.2, 0.25) is 0 Å². The molecule has 1 saturated heterocycles. The van der Waals surface area contributed by atoms with Crippen molar-refractivity contribution in [3.63, 3.8) is 0 Å². The Morgan fingerprint density at radius 1 is 1.05 bits per heavy atom. The van der Waals surface area contributed by atoms with Crippen molar-refractivity contribution in [2.75, 3.05) is 18.4 Å². The van der Waals surface area contributed by atoms with Crippen molar-refractivity contribution >= 4 is 17.5 Å². The number of nitrogens with zero attached hydrogens (tertiary/aromatic N) is 1. The van der Waals surface area contributed by atoms with Crippen LogP contribution in [0.5, 0.6) is 0 Å². The highest BCUT2D eigenvalue weighted by Crippen LogP contribution is 2.32. The maximum atomic E-state index is 13.5. The monoisotopic (exact) mass is 308 g/mol. The van der Waals surface area contributed by atoms with Crippen LogP contribution in [-0.4, -0.2) is 29.8 Å². The van der Waals surface area contributed by atoms with Crippen molar-refractivity contribution in [1.82, 2.24) is 4.90 Å². The molecule has 1 heterocycles. The maximum Gasteiger partial charge on any atom is 0.227 e. The minimum absolute atomic E-state index is 0.138. The lowest BCUT2D eigenvalue weighted by molar-refractivity contribution is -0.135. The van der Waals surface area contributed by atoms with E-state index in [9.17, 15) is 18.4 Å². The van der Waals surface area contributed by atoms with Crippen LogP contribution in [0, 0.1) is 23.5 Å². The summed E-state index contributed by atoms with van der Waals surface area (Å²) in [4.78, 5) is 25.9. The minimum atomic E-state index is -0.656. The molecule has 2 aliphatic rings. The summed E-state index contributed by atoms with van der Waals surface area (Å²) in [5, 5.41) is 2.44. The fraction of sp³-hybridized carbons (Fsp3) is 0.500. The molecule has 0 atom stereocenters. The molecule has 2 fully saturated rings. The molecule has 3 rings (SSSR count). The second kappa shape index (κ2) is 6.02. The number of hydrogen-bond donors (Lipinski definition) is 1. The first kappa shape index (κ1) is 14.9. The Kier molecular flexibility index (Phi) is 4.09. The van der Waals surface area contributed by atoms with Crippen molar-refractivity contribution in [2.24, 2.45) is 11.8 Å². The topological polar surface area (TPSA) is 49.4 Å². The van der Waals surface area contributed by atoms with Gasteiger partial charge in [0.25, 0.3) is 0 Å². The molecule has 0 unspecified atom stereocenters. The van der Waals surface area contributed by atoms with Crippen molar-refractivity contribution < 1.29 is 18.4 Å². The maximum absolute atomic E-state index is 13.5. The van der Waals surface area contributed by atoms with Crippen LogP contribution in [0.1, 0.15) is 25.7 Å². The largest absolute Gasteiger partial charge is 0.342 e. The molecule has 1 aromatic rings. The highest BCUT2D eigenvalue weighted by molar-refractivity contribution is 5.93. The van der Waals surface area contributed by atoms with E-state index in [4.69, 9.17) is 0 Å². The molecule has 0 spiro atoms. The van der Waals surface area contributed by atoms with Crippen molar-refractivity contribution in [3.05, 3.63) is 29.8 Å². The summed E-state index contributed by atoms with van der Waals surface area (Å²) < 4.78 is 26.6. The van der Waals surface area contributed by atoms with Crippen LogP contribution < -0.4 is 5.32 Å². The van der Waals surface area contributed by atoms with Gasteiger partial charge in [-0.1, -0.05) is 0 Å². The predicted molar refractivity (Wildman–Crippen MR) is 77.0 cm³/mol. The molecule has 0 bridgehead atoms. The van der Waals surface area contributed by atoms with Crippen LogP contribution in [0.3, 0.4) is 0 Å². The van der Waals surface area contributed by atoms with E-state index in [2.05, 4.69) is 5.32 Å². The summed E-state index contributed by atoms with van der Waals surface area (Å²) in [5.41, 5.74) is -0.138. The Bertz CT molecular complexity index is 594. The first-order valence-electron chi connectivity index (χ1n) is 7.59. The average molecular weight is 308 g/mol. The molecule has 6 heteroatoms. The zero-order chi connectivity index (χ0) is 15.7. The second-order valence-corrected chi connectivity index (χ2v) is 5.99. The number of carbonyl (C=O) groups is 2. The third kappa shape index (κ3) is 3.26. The Morgan fingerprint density at radius 2 is 1.73 bits per heavy atom. The highest BCUT2D eigenvalue weighted by Gasteiger charge is 2.36. The number of likely N-dealkylation sites (tertiary alicyclic amines) is 1. The van der Waals surface area contributed by atoms with Crippen LogP contribution in [0.25, 0.3) is 0 Å². The van der Waals surface area contributed by atoms with Gasteiger partial charge in [-0.25, -0.2) is 8.78 Å². The molecule has 1 aromatic carbocycles. The van der Waals surface area contributed by atoms with Crippen LogP contribution in [-0.2, 0) is 9.59 Å². The first-order valence-corrected chi connectivity index (χ1v) is 7.59. The summed E-state index contributed by atoms with van der Waals surface area (Å²) in [6.07, 6.45) is 3.05. The van der Waals surface area contributed by atoms with E-state index < -0.39 is 11.6 Å². The van der Waals surface area contributed by atoms with Crippen molar-refractivity contribution in [3.8, 4) is 0 Å². The number of nitrogens with one attached hydrogen (secondary N) is 1. The number of amides is 2. The number of piperidine rings is 1. The Balaban J connectivity index is 1.55. The number of halogens is 2. The smallest absolute Gasteiger partial charge is 0.227 e. The lowest BCUT2D eigenvalue weighted by Gasteiger charge is -2.31. The summed E-state index contributed by atoms with van der Waals surface area (Å²) >= 11 is 0. The molecule has 1 N–H and O–H groups in total. The van der Waals surface area contributed by atoms with E-state index in [1.54, 1.807) is 0 Å². The van der Waals surface area contributed by atoms with Gasteiger partial charge >= 0.3 is 0 Å². The van der Waals surface area contributed by atoms with Gasteiger partial charge in [0.1, 0.15) is 11.6 Å². The van der Waals surface area contributed by atoms with E-state index in [0.29, 0.717) is 25.9 Å². The third-order valence-electron chi connectivity index (χ3n) is 4.29. The molecule has 2 amide bonds. The zero-order valence-electron chi connectivity index (χ0n) is 12.1. The predicted octanol–water partition coefficient (Wildman–Crippen LogP) is 2.55. The van der Waals surface area contributed by atoms with Crippen LogP contribution in [0.4, 0.5) is 14.5 Å². The lowest BCUT2D eigenvalue weighted by atomic mass is 9.95. The normalized spacial score (nSPS) is 19.1. The Labute approximate surface area is 127 Å². The molecule has 118 valence electrons. The average Bonchev–Trinajstić information content (AvgIpc) is 3.35. The quantitative estimate of drug-likeness (QED) is 0.933. The van der Waals surface area contributed by atoms with Gasteiger partial charge in [-0.3, -0.25) is 9.59 Å². The number of hydrogen-bond acceptors (Lipinski definition) is 2. The van der Waals surface area contributed by atoms with Gasteiger partial charge in [-0.2, -0.15) is 0 Å². The number of carbonyl (C=O) groups excluding carboxylic acids is 2. The van der Waals surface area contributed by atoms with Gasteiger partial charge in [0, 0.05) is 31.0 Å². The third-order valence-corrected chi connectivity index (χ3v) is 4.29. The summed E-state index contributed by atoms with van der Waals surface area (Å²) in [5.74, 6) is -1.46. The molecule has 0 aromatic heterocycles. The van der Waals surface area contributed by atoms with Gasteiger partial charge in [0.05, 0.1) is 5.69 Å². The molecule has 0 radical (unpaired) electrons. The number of benzene rings is 1. The standard InChI is InChI=1S/C16H18F2N2O2/c17-12-3-4-13(18)14(9-12)19-15(21)10-5-7-20(8-6-10)16(22)11-1-2-11/h3-4,9-11H,1-2,5-8H2,(H,19,21). The van der Waals surface area contributed by atoms with Gasteiger partial charge < -0.3 is 10.2 Å². The van der Waals surface area contributed by atoms with Gasteiger partial charge in [0.15, 0.2) is 0 Å². The van der Waals surface area contributed by atoms with Gasteiger partial charge in [-0.05, 0) is 37.8 Å². The SMILES string of the molecule is O=C(Nc1cc(F)ccc1F)C1CCN(C(=O)C2CC2)CC1. The van der Waals surface area contributed by atoms with Crippen molar-refractivity contribution in [1.29, 1.82) is 0 Å². The van der Waals surface area contributed by atoms with Crippen LogP contribution >= 0.6 is 0 Å². The molecule has 4 nitrogen and oxygen atoms in total. The highest BCUT2D eigenvalue weighted by atomic mass is 19.1. The Hall–Kier alpha value is -1.98. The lowest BCUT2D eigenvalue weighted by Crippen LogP contribution is -2.42. The summed E-state index contributed by atoms with van der Waals surface area (Å²) in [6, 6.07) is 2.97. The molecular formula is C16H18F2N2O2. The number of rotatable bonds is 3. The molecular weight excluding hydrogens is 290 g/mol. The van der Waals surface area contributed by atoms with Crippen molar-refractivity contribution in [2.45, 2.75) is 25.7 Å². The first-order chi connectivity index (χ1) is 10.5. The summed E-state index contributed by atoms with van der Waals surface area (Å²) in [6.45, 7) is 1.11. The number of anilines is 1.